The van der Waals surface area contributed by atoms with Crippen LogP contribution in [0.25, 0.3) is 16.7 Å². The number of nitrogens with zero attached hydrogens (tertiary/aromatic N) is 3. The predicted octanol–water partition coefficient (Wildman–Crippen LogP) is 5.87. The summed E-state index contributed by atoms with van der Waals surface area (Å²) in [6.07, 6.45) is 10.3. The molecule has 46 heavy (non-hydrogen) atoms. The van der Waals surface area contributed by atoms with Crippen molar-refractivity contribution < 1.29 is 28.6 Å². The van der Waals surface area contributed by atoms with Gasteiger partial charge in [-0.3, -0.25) is 19.4 Å². The molecule has 2 fully saturated rings. The molecule has 3 atom stereocenters. The van der Waals surface area contributed by atoms with E-state index in [0.717, 1.165) is 81.8 Å². The van der Waals surface area contributed by atoms with Crippen molar-refractivity contribution in [2.24, 2.45) is 5.92 Å². The molecule has 2 saturated heterocycles. The molecule has 1 aromatic heterocycles. The van der Waals surface area contributed by atoms with E-state index in [4.69, 9.17) is 18.9 Å². The fourth-order valence-corrected chi connectivity index (χ4v) is 7.43. The van der Waals surface area contributed by atoms with Crippen molar-refractivity contribution in [2.45, 2.75) is 63.5 Å². The van der Waals surface area contributed by atoms with Crippen LogP contribution < -0.4 is 4.74 Å². The molecular weight excluding hydrogens is 582 g/mol. The van der Waals surface area contributed by atoms with Crippen molar-refractivity contribution in [2.75, 3.05) is 46.5 Å². The number of hydrogen-bond acceptors (Lipinski definition) is 8. The highest BCUT2D eigenvalue weighted by atomic mass is 16.5. The van der Waals surface area contributed by atoms with Crippen LogP contribution in [-0.2, 0) is 26.3 Å². The van der Waals surface area contributed by atoms with Crippen LogP contribution in [0.15, 0.2) is 65.1 Å². The number of aromatic nitrogens is 1. The summed E-state index contributed by atoms with van der Waals surface area (Å²) in [5, 5.41) is 9.50. The van der Waals surface area contributed by atoms with E-state index < -0.39 is 11.4 Å². The normalized spacial score (nSPS) is 24.2. The van der Waals surface area contributed by atoms with Crippen LogP contribution >= 0.6 is 0 Å². The first-order chi connectivity index (χ1) is 22.4. The van der Waals surface area contributed by atoms with E-state index in [9.17, 15) is 14.7 Å². The number of hydrogen-bond donors (Lipinski definition) is 1. The number of benzene rings is 2. The molecule has 2 aliphatic heterocycles. The summed E-state index contributed by atoms with van der Waals surface area (Å²) in [6.45, 7) is 7.58. The number of oxazole rings is 1. The Morgan fingerprint density at radius 2 is 1.91 bits per heavy atom. The molecular formula is C37H45N3O6. The van der Waals surface area contributed by atoms with E-state index in [1.807, 2.05) is 42.5 Å². The van der Waals surface area contributed by atoms with Gasteiger partial charge in [0.25, 0.3) is 0 Å². The minimum absolute atomic E-state index is 0.0192. The topological polar surface area (TPSA) is 105 Å². The number of carbonyl (C=O) groups is 2. The van der Waals surface area contributed by atoms with Gasteiger partial charge in [-0.2, -0.15) is 0 Å². The lowest BCUT2D eigenvalue weighted by atomic mass is 9.65. The molecule has 3 aromatic rings. The molecule has 3 unspecified atom stereocenters. The van der Waals surface area contributed by atoms with Gasteiger partial charge in [0.1, 0.15) is 16.7 Å². The molecule has 0 saturated carbocycles. The number of piperidine rings is 1. The number of allylic oxidation sites excluding steroid dienone is 4. The first-order valence-electron chi connectivity index (χ1n) is 16.6. The Bertz CT molecular complexity index is 1590. The van der Waals surface area contributed by atoms with Crippen LogP contribution in [0.4, 0.5) is 0 Å². The lowest BCUT2D eigenvalue weighted by molar-refractivity contribution is -0.138. The Labute approximate surface area is 270 Å². The third-order valence-corrected chi connectivity index (χ3v) is 10.0. The molecule has 0 amide bonds. The van der Waals surface area contributed by atoms with Crippen molar-refractivity contribution in [1.29, 1.82) is 0 Å². The summed E-state index contributed by atoms with van der Waals surface area (Å²) < 4.78 is 17.8. The number of ether oxygens (including phenoxy) is 2. The Hall–Kier alpha value is -3.79. The second-order valence-corrected chi connectivity index (χ2v) is 12.8. The number of rotatable bonds is 12. The zero-order chi connectivity index (χ0) is 32.1. The maximum absolute atomic E-state index is 14.5. The van der Waals surface area contributed by atoms with Gasteiger partial charge in [0, 0.05) is 49.6 Å². The molecule has 0 bridgehead atoms. The zero-order valence-corrected chi connectivity index (χ0v) is 27.0. The summed E-state index contributed by atoms with van der Waals surface area (Å²) in [5.74, 6) is 0.159. The Kier molecular flexibility index (Phi) is 10.0. The molecule has 6 rings (SSSR count). The Morgan fingerprint density at radius 3 is 2.67 bits per heavy atom. The summed E-state index contributed by atoms with van der Waals surface area (Å²) in [6, 6.07) is 14.0. The van der Waals surface area contributed by atoms with Gasteiger partial charge in [-0.1, -0.05) is 61.9 Å². The van der Waals surface area contributed by atoms with Gasteiger partial charge in [0.2, 0.25) is 5.89 Å². The molecule has 0 radical (unpaired) electrons. The molecule has 1 N–H and O–H groups in total. The van der Waals surface area contributed by atoms with Gasteiger partial charge in [-0.25, -0.2) is 4.98 Å². The van der Waals surface area contributed by atoms with Gasteiger partial charge < -0.3 is 19.0 Å². The smallest absolute Gasteiger partial charge is 0.304 e. The first kappa shape index (κ1) is 32.2. The summed E-state index contributed by atoms with van der Waals surface area (Å²) in [5.41, 5.74) is 3.22. The third kappa shape index (κ3) is 6.68. The van der Waals surface area contributed by atoms with Gasteiger partial charge in [-0.05, 0) is 49.6 Å². The minimum atomic E-state index is -1.07. The number of carboxylic acids is 1. The lowest BCUT2D eigenvalue weighted by Crippen LogP contribution is -2.43. The number of fused-ring (bicyclic) bond motifs is 1. The van der Waals surface area contributed by atoms with Crippen molar-refractivity contribution in [3.63, 3.8) is 0 Å². The Morgan fingerprint density at radius 1 is 1.11 bits per heavy atom. The molecule has 2 aromatic carbocycles. The fraction of sp³-hybridized carbons (Fsp3) is 0.486. The monoisotopic (exact) mass is 627 g/mol. The molecule has 0 spiro atoms. The standard InChI is InChI=1S/C37H45N3O6/c1-26-30(27-10-4-3-5-11-27)13-8-15-37(26,34(41)14-9-16-39-18-20-45-21-19-39)36-38-31-22-28(32(44-2)24-33(31)46-36)25-40-17-7-6-12-29(40)23-35(42)43/h3-5,8,10-11,13,15,22,24,26,29H,6-7,9,12,14,16-21,23,25H2,1-2H3,(H,42,43). The number of morpholine rings is 1. The van der Waals surface area contributed by atoms with Crippen molar-refractivity contribution in [3.8, 4) is 5.75 Å². The van der Waals surface area contributed by atoms with E-state index in [2.05, 4.69) is 34.9 Å². The van der Waals surface area contributed by atoms with Crippen LogP contribution in [0, 0.1) is 5.92 Å². The lowest BCUT2D eigenvalue weighted by Gasteiger charge is -2.36. The summed E-state index contributed by atoms with van der Waals surface area (Å²) >= 11 is 0. The number of aliphatic carboxylic acids is 1. The average Bonchev–Trinajstić information content (AvgIpc) is 3.49. The molecule has 1 aliphatic carbocycles. The van der Waals surface area contributed by atoms with Gasteiger partial charge in [-0.15, -0.1) is 0 Å². The molecule has 3 aliphatic rings. The molecule has 3 heterocycles. The predicted molar refractivity (Wildman–Crippen MR) is 177 cm³/mol. The summed E-state index contributed by atoms with van der Waals surface area (Å²) in [7, 11) is 1.63. The van der Waals surface area contributed by atoms with Gasteiger partial charge in [0.15, 0.2) is 11.4 Å². The largest absolute Gasteiger partial charge is 0.496 e. The number of carboxylic acid groups (broad SMARTS) is 1. The number of Topliss-reactive ketones (excluding diaryl/α,β-unsaturated/α-hetero) is 1. The number of likely N-dealkylation sites (tertiary alicyclic amines) is 1. The van der Waals surface area contributed by atoms with Crippen molar-refractivity contribution in [3.05, 3.63) is 77.7 Å². The third-order valence-electron chi connectivity index (χ3n) is 10.0. The van der Waals surface area contributed by atoms with Gasteiger partial charge >= 0.3 is 5.97 Å². The quantitative estimate of drug-likeness (QED) is 0.264. The number of ketones is 1. The van der Waals surface area contributed by atoms with E-state index in [1.165, 1.54) is 0 Å². The maximum atomic E-state index is 14.5. The summed E-state index contributed by atoms with van der Waals surface area (Å²) in [4.78, 5) is 35.7. The van der Waals surface area contributed by atoms with Crippen LogP contribution in [0.3, 0.4) is 0 Å². The molecule has 9 nitrogen and oxygen atoms in total. The van der Waals surface area contributed by atoms with Gasteiger partial charge in [0.05, 0.1) is 26.7 Å². The second kappa shape index (κ2) is 14.3. The van der Waals surface area contributed by atoms with Crippen LogP contribution in [-0.4, -0.2) is 84.2 Å². The molecule has 9 heteroatoms. The fourth-order valence-electron chi connectivity index (χ4n) is 7.43. The van der Waals surface area contributed by atoms with E-state index in [-0.39, 0.29) is 24.2 Å². The van der Waals surface area contributed by atoms with Crippen LogP contribution in [0.1, 0.15) is 62.5 Å². The first-order valence-corrected chi connectivity index (χ1v) is 16.6. The highest BCUT2D eigenvalue weighted by molar-refractivity contribution is 5.96. The minimum Gasteiger partial charge on any atom is -0.496 e. The van der Waals surface area contributed by atoms with Crippen LogP contribution in [0.5, 0.6) is 5.75 Å². The highest BCUT2D eigenvalue weighted by Crippen LogP contribution is 2.46. The Balaban J connectivity index is 1.34. The van der Waals surface area contributed by atoms with E-state index in [0.29, 0.717) is 35.7 Å². The SMILES string of the molecule is COc1cc2oc(C3(C(=O)CCCN4CCOCC4)C=CC=C(c4ccccc4)C3C)nc2cc1CN1CCCCC1CC(=O)O. The number of carbonyl (C=O) groups excluding carboxylic acids is 1. The van der Waals surface area contributed by atoms with Crippen molar-refractivity contribution in [1.82, 2.24) is 14.8 Å². The van der Waals surface area contributed by atoms with E-state index in [1.54, 1.807) is 7.11 Å². The van der Waals surface area contributed by atoms with Crippen LogP contribution in [0.2, 0.25) is 0 Å². The highest BCUT2D eigenvalue weighted by Gasteiger charge is 2.49. The zero-order valence-electron chi connectivity index (χ0n) is 27.0. The number of methoxy groups -OCH3 is 1. The van der Waals surface area contributed by atoms with Crippen molar-refractivity contribution >= 4 is 28.4 Å². The van der Waals surface area contributed by atoms with E-state index >= 15 is 0 Å². The molecule has 244 valence electrons. The average molecular weight is 628 g/mol. The maximum Gasteiger partial charge on any atom is 0.304 e. The second-order valence-electron chi connectivity index (χ2n) is 12.8.